The van der Waals surface area contributed by atoms with Crippen LogP contribution in [0, 0.1) is 6.92 Å². The fraction of sp³-hybridized carbons (Fsp3) is 0.615. The Bertz CT molecular complexity index is 497. The van der Waals surface area contributed by atoms with E-state index in [0.29, 0.717) is 19.5 Å². The Morgan fingerprint density at radius 3 is 2.74 bits per heavy atom. The van der Waals surface area contributed by atoms with Crippen molar-refractivity contribution >= 4 is 11.8 Å². The van der Waals surface area contributed by atoms with E-state index in [1.807, 2.05) is 31.5 Å². The highest BCUT2D eigenvalue weighted by molar-refractivity contribution is 5.97. The van der Waals surface area contributed by atoms with Crippen LogP contribution in [-0.2, 0) is 16.1 Å². The van der Waals surface area contributed by atoms with Gasteiger partial charge in [0, 0.05) is 25.5 Å². The molecule has 6 heteroatoms. The molecular formula is C13H20N4O2. The van der Waals surface area contributed by atoms with Crippen molar-refractivity contribution in [1.29, 1.82) is 0 Å². The summed E-state index contributed by atoms with van der Waals surface area (Å²) in [4.78, 5) is 29.9. The van der Waals surface area contributed by atoms with Crippen LogP contribution >= 0.6 is 0 Å². The summed E-state index contributed by atoms with van der Waals surface area (Å²) in [6.07, 6.45) is 4.22. The molecule has 1 fully saturated rings. The van der Waals surface area contributed by atoms with Crippen molar-refractivity contribution in [3.8, 4) is 0 Å². The van der Waals surface area contributed by atoms with Gasteiger partial charge in [-0.25, -0.2) is 4.98 Å². The number of carbonyl (C=O) groups excluding carboxylic acids is 2. The molecule has 0 radical (unpaired) electrons. The number of nitrogens with zero attached hydrogens (tertiary/aromatic N) is 3. The number of amides is 2. The molecule has 0 spiro atoms. The molecule has 0 aliphatic carbocycles. The molecule has 19 heavy (non-hydrogen) atoms. The molecule has 1 aliphatic rings. The van der Waals surface area contributed by atoms with E-state index in [1.54, 1.807) is 11.1 Å². The Kier molecular flexibility index (Phi) is 3.59. The number of aryl methyl sites for hydroxylation is 1. The van der Waals surface area contributed by atoms with Crippen LogP contribution in [0.3, 0.4) is 0 Å². The van der Waals surface area contributed by atoms with E-state index in [4.69, 9.17) is 0 Å². The molecule has 1 unspecified atom stereocenters. The quantitative estimate of drug-likeness (QED) is 0.851. The lowest BCUT2D eigenvalue weighted by Crippen LogP contribution is -2.66. The highest BCUT2D eigenvalue weighted by atomic mass is 16.2. The van der Waals surface area contributed by atoms with Crippen LogP contribution in [-0.4, -0.2) is 44.9 Å². The third kappa shape index (κ3) is 2.34. The number of carbonyl (C=O) groups is 2. The van der Waals surface area contributed by atoms with Gasteiger partial charge in [0.25, 0.3) is 0 Å². The van der Waals surface area contributed by atoms with Crippen molar-refractivity contribution in [2.24, 2.45) is 0 Å². The van der Waals surface area contributed by atoms with E-state index < -0.39 is 5.54 Å². The van der Waals surface area contributed by atoms with Gasteiger partial charge in [-0.2, -0.15) is 0 Å². The third-order valence-electron chi connectivity index (χ3n) is 3.96. The van der Waals surface area contributed by atoms with Gasteiger partial charge in [-0.1, -0.05) is 6.92 Å². The number of piperazine rings is 1. The zero-order valence-electron chi connectivity index (χ0n) is 11.6. The van der Waals surface area contributed by atoms with Crippen molar-refractivity contribution in [3.63, 3.8) is 0 Å². The molecule has 1 atom stereocenters. The highest BCUT2D eigenvalue weighted by Crippen LogP contribution is 2.22. The van der Waals surface area contributed by atoms with Gasteiger partial charge in [0.1, 0.15) is 11.4 Å². The second-order valence-electron chi connectivity index (χ2n) is 5.02. The number of nitrogens with one attached hydrogen (secondary N) is 1. The van der Waals surface area contributed by atoms with E-state index in [0.717, 1.165) is 5.82 Å². The minimum Gasteiger partial charge on any atom is -0.345 e. The minimum atomic E-state index is -0.746. The lowest BCUT2D eigenvalue weighted by molar-refractivity contribution is -0.153. The van der Waals surface area contributed by atoms with Gasteiger partial charge in [-0.05, 0) is 20.3 Å². The number of hydrogen-bond acceptors (Lipinski definition) is 3. The molecule has 6 nitrogen and oxygen atoms in total. The van der Waals surface area contributed by atoms with Gasteiger partial charge in [-0.15, -0.1) is 0 Å². The number of aromatic nitrogens is 2. The molecule has 104 valence electrons. The predicted molar refractivity (Wildman–Crippen MR) is 70.4 cm³/mol. The van der Waals surface area contributed by atoms with Crippen LogP contribution in [0.4, 0.5) is 0 Å². The maximum Gasteiger partial charge on any atom is 0.246 e. The average molecular weight is 264 g/mol. The Hall–Kier alpha value is -1.85. The largest absolute Gasteiger partial charge is 0.345 e. The topological polar surface area (TPSA) is 67.2 Å². The van der Waals surface area contributed by atoms with E-state index in [2.05, 4.69) is 10.3 Å². The minimum absolute atomic E-state index is 0.0262. The second-order valence-corrected chi connectivity index (χ2v) is 5.02. The fourth-order valence-corrected chi connectivity index (χ4v) is 2.41. The van der Waals surface area contributed by atoms with Crippen molar-refractivity contribution in [1.82, 2.24) is 19.8 Å². The summed E-state index contributed by atoms with van der Waals surface area (Å²) in [5.74, 6) is 0.811. The second kappa shape index (κ2) is 5.03. The summed E-state index contributed by atoms with van der Waals surface area (Å²) >= 11 is 0. The molecular weight excluding hydrogens is 244 g/mol. The molecule has 1 aliphatic heterocycles. The monoisotopic (exact) mass is 264 g/mol. The van der Waals surface area contributed by atoms with E-state index in [1.165, 1.54) is 0 Å². The Morgan fingerprint density at radius 1 is 1.42 bits per heavy atom. The van der Waals surface area contributed by atoms with Gasteiger partial charge in [0.2, 0.25) is 11.8 Å². The molecule has 1 N–H and O–H groups in total. The smallest absolute Gasteiger partial charge is 0.246 e. The number of imidazole rings is 1. The van der Waals surface area contributed by atoms with Crippen LogP contribution in [0.15, 0.2) is 12.4 Å². The van der Waals surface area contributed by atoms with Crippen molar-refractivity contribution in [2.45, 2.75) is 39.3 Å². The molecule has 2 heterocycles. The summed E-state index contributed by atoms with van der Waals surface area (Å²) < 4.78 is 1.98. The standard InChI is InChI=1S/C13H20N4O2/c1-4-13(3)12(19)15-9-11(18)17(13)8-7-16-6-5-14-10(16)2/h5-6H,4,7-9H2,1-3H3,(H,15,19). The van der Waals surface area contributed by atoms with Gasteiger partial charge in [0.05, 0.1) is 6.54 Å². The number of rotatable bonds is 4. The number of hydrogen-bond donors (Lipinski definition) is 1. The maximum atomic E-state index is 12.0. The average Bonchev–Trinajstić information content (AvgIpc) is 2.80. The maximum absolute atomic E-state index is 12.0. The van der Waals surface area contributed by atoms with Crippen LogP contribution in [0.1, 0.15) is 26.1 Å². The van der Waals surface area contributed by atoms with Crippen LogP contribution in [0.2, 0.25) is 0 Å². The van der Waals surface area contributed by atoms with E-state index in [9.17, 15) is 9.59 Å². The predicted octanol–water partition coefficient (Wildman–Crippen LogP) is 0.319. The Morgan fingerprint density at radius 2 is 2.16 bits per heavy atom. The Labute approximate surface area is 112 Å². The van der Waals surface area contributed by atoms with Crippen molar-refractivity contribution < 1.29 is 9.59 Å². The molecule has 0 saturated carbocycles. The molecule has 2 amide bonds. The highest BCUT2D eigenvalue weighted by Gasteiger charge is 2.43. The zero-order chi connectivity index (χ0) is 14.0. The molecule has 1 aromatic rings. The molecule has 2 rings (SSSR count). The molecule has 1 saturated heterocycles. The van der Waals surface area contributed by atoms with Crippen molar-refractivity contribution in [3.05, 3.63) is 18.2 Å². The fourth-order valence-electron chi connectivity index (χ4n) is 2.41. The first-order chi connectivity index (χ1) is 8.99. The molecule has 1 aromatic heterocycles. The first kappa shape index (κ1) is 13.6. The first-order valence-electron chi connectivity index (χ1n) is 6.55. The third-order valence-corrected chi connectivity index (χ3v) is 3.96. The van der Waals surface area contributed by atoms with Gasteiger partial charge in [0.15, 0.2) is 0 Å². The lowest BCUT2D eigenvalue weighted by Gasteiger charge is -2.43. The van der Waals surface area contributed by atoms with Crippen molar-refractivity contribution in [2.75, 3.05) is 13.1 Å². The SMILES string of the molecule is CCC1(C)C(=O)NCC(=O)N1CCn1ccnc1C. The summed E-state index contributed by atoms with van der Waals surface area (Å²) in [5, 5.41) is 2.66. The molecule has 0 aromatic carbocycles. The Balaban J connectivity index is 2.13. The van der Waals surface area contributed by atoms with Gasteiger partial charge < -0.3 is 14.8 Å². The molecule has 0 bridgehead atoms. The lowest BCUT2D eigenvalue weighted by atomic mass is 9.92. The normalized spacial score (nSPS) is 23.6. The van der Waals surface area contributed by atoms with Gasteiger partial charge >= 0.3 is 0 Å². The van der Waals surface area contributed by atoms with Crippen LogP contribution < -0.4 is 5.32 Å². The van der Waals surface area contributed by atoms with Crippen LogP contribution in [0.25, 0.3) is 0 Å². The van der Waals surface area contributed by atoms with Crippen LogP contribution in [0.5, 0.6) is 0 Å². The summed E-state index contributed by atoms with van der Waals surface area (Å²) in [6, 6.07) is 0. The summed E-state index contributed by atoms with van der Waals surface area (Å²) in [6.45, 7) is 6.93. The first-order valence-corrected chi connectivity index (χ1v) is 6.55. The summed E-state index contributed by atoms with van der Waals surface area (Å²) in [7, 11) is 0. The van der Waals surface area contributed by atoms with Gasteiger partial charge in [-0.3, -0.25) is 9.59 Å². The van der Waals surface area contributed by atoms with E-state index >= 15 is 0 Å². The van der Waals surface area contributed by atoms with E-state index in [-0.39, 0.29) is 18.4 Å². The summed E-state index contributed by atoms with van der Waals surface area (Å²) in [5.41, 5.74) is -0.746. The zero-order valence-corrected chi connectivity index (χ0v) is 11.6.